The molecule has 0 bridgehead atoms. The molecule has 0 radical (unpaired) electrons. The summed E-state index contributed by atoms with van der Waals surface area (Å²) < 4.78 is 38.2. The van der Waals surface area contributed by atoms with E-state index in [0.29, 0.717) is 5.52 Å². The molecule has 0 amide bonds. The van der Waals surface area contributed by atoms with Crippen molar-refractivity contribution in [2.45, 2.75) is 19.3 Å². The van der Waals surface area contributed by atoms with Crippen LogP contribution in [0.5, 0.6) is 0 Å². The lowest BCUT2D eigenvalue weighted by molar-refractivity contribution is -0.139. The minimum absolute atomic E-state index is 0.241. The Labute approximate surface area is 90.5 Å². The van der Waals surface area contributed by atoms with Crippen molar-refractivity contribution >= 4 is 10.9 Å². The topological polar surface area (TPSA) is 30.9 Å². The fourth-order valence-electron chi connectivity index (χ4n) is 1.81. The quantitative estimate of drug-likeness (QED) is 0.841. The van der Waals surface area contributed by atoms with Gasteiger partial charge in [-0.05, 0) is 11.6 Å². The maximum Gasteiger partial charge on any atom is 0.406 e. The lowest BCUT2D eigenvalue weighted by Crippen LogP contribution is -2.16. The highest BCUT2D eigenvalue weighted by Crippen LogP contribution is 2.25. The number of benzene rings is 1. The van der Waals surface area contributed by atoms with E-state index < -0.39 is 12.7 Å². The summed E-state index contributed by atoms with van der Waals surface area (Å²) in [5.41, 5.74) is 6.80. The van der Waals surface area contributed by atoms with Crippen molar-refractivity contribution in [3.05, 3.63) is 36.0 Å². The summed E-state index contributed by atoms with van der Waals surface area (Å²) >= 11 is 0. The van der Waals surface area contributed by atoms with Gasteiger partial charge in [-0.2, -0.15) is 13.2 Å². The van der Waals surface area contributed by atoms with Gasteiger partial charge in [0.1, 0.15) is 6.54 Å². The summed E-state index contributed by atoms with van der Waals surface area (Å²) in [5.74, 6) is 0. The van der Waals surface area contributed by atoms with Gasteiger partial charge in [0.15, 0.2) is 0 Å². The summed E-state index contributed by atoms with van der Waals surface area (Å²) in [6, 6.07) is 6.96. The van der Waals surface area contributed by atoms with Crippen LogP contribution in [0.25, 0.3) is 10.9 Å². The smallest absolute Gasteiger partial charge is 0.338 e. The largest absolute Gasteiger partial charge is 0.406 e. The van der Waals surface area contributed by atoms with Crippen molar-refractivity contribution < 1.29 is 13.2 Å². The first-order chi connectivity index (χ1) is 7.51. The minimum atomic E-state index is -4.21. The number of rotatable bonds is 2. The van der Waals surface area contributed by atoms with Crippen LogP contribution in [0.2, 0.25) is 0 Å². The zero-order valence-electron chi connectivity index (χ0n) is 8.46. The summed E-state index contributed by atoms with van der Waals surface area (Å²) in [6.45, 7) is -0.737. The Kier molecular flexibility index (Phi) is 2.63. The van der Waals surface area contributed by atoms with Gasteiger partial charge in [0, 0.05) is 23.6 Å². The van der Waals surface area contributed by atoms with E-state index in [-0.39, 0.29) is 6.54 Å². The second-order valence-electron chi connectivity index (χ2n) is 3.62. The Morgan fingerprint density at radius 1 is 1.19 bits per heavy atom. The van der Waals surface area contributed by atoms with E-state index in [1.165, 1.54) is 10.8 Å². The van der Waals surface area contributed by atoms with Crippen molar-refractivity contribution in [1.82, 2.24) is 4.57 Å². The number of fused-ring (bicyclic) bond motifs is 1. The summed E-state index contributed by atoms with van der Waals surface area (Å²) in [7, 11) is 0. The summed E-state index contributed by atoms with van der Waals surface area (Å²) in [4.78, 5) is 0. The minimum Gasteiger partial charge on any atom is -0.338 e. The second-order valence-corrected chi connectivity index (χ2v) is 3.62. The van der Waals surface area contributed by atoms with Crippen molar-refractivity contribution in [1.29, 1.82) is 0 Å². The predicted molar refractivity (Wildman–Crippen MR) is 55.9 cm³/mol. The molecular weight excluding hydrogens is 217 g/mol. The molecule has 2 nitrogen and oxygen atoms in total. The van der Waals surface area contributed by atoms with Crippen molar-refractivity contribution in [3.8, 4) is 0 Å². The molecule has 0 aliphatic carbocycles. The molecule has 1 aromatic carbocycles. The van der Waals surface area contributed by atoms with Gasteiger partial charge in [0.25, 0.3) is 0 Å². The van der Waals surface area contributed by atoms with Gasteiger partial charge in [-0.25, -0.2) is 0 Å². The van der Waals surface area contributed by atoms with Crippen molar-refractivity contribution in [2.24, 2.45) is 5.73 Å². The number of para-hydroxylation sites is 1. The highest BCUT2D eigenvalue weighted by atomic mass is 19.4. The summed E-state index contributed by atoms with van der Waals surface area (Å²) in [5, 5.41) is 0.786. The lowest BCUT2D eigenvalue weighted by Gasteiger charge is -2.08. The van der Waals surface area contributed by atoms with Crippen LogP contribution in [-0.2, 0) is 13.1 Å². The number of nitrogens with two attached hydrogens (primary N) is 1. The fraction of sp³-hybridized carbons (Fsp3) is 0.273. The van der Waals surface area contributed by atoms with E-state index in [1.54, 1.807) is 24.3 Å². The van der Waals surface area contributed by atoms with Crippen LogP contribution < -0.4 is 5.73 Å². The molecule has 0 saturated carbocycles. The van der Waals surface area contributed by atoms with Crippen LogP contribution in [0.15, 0.2) is 30.5 Å². The normalized spacial score (nSPS) is 12.2. The standard InChI is InChI=1S/C11H11F3N2/c12-11(13,14)7-16-6-8(5-15)9-3-1-2-4-10(9)16/h1-4,6H,5,7,15H2. The second kappa shape index (κ2) is 3.83. The van der Waals surface area contributed by atoms with Gasteiger partial charge in [-0.1, -0.05) is 18.2 Å². The van der Waals surface area contributed by atoms with E-state index in [1.807, 2.05) is 0 Å². The Bertz CT molecular complexity index is 499. The van der Waals surface area contributed by atoms with E-state index in [4.69, 9.17) is 5.73 Å². The molecule has 86 valence electrons. The van der Waals surface area contributed by atoms with Crippen LogP contribution in [0.4, 0.5) is 13.2 Å². The molecule has 0 saturated heterocycles. The maximum absolute atomic E-state index is 12.3. The molecule has 2 aromatic rings. The van der Waals surface area contributed by atoms with E-state index in [9.17, 15) is 13.2 Å². The molecule has 5 heteroatoms. The third-order valence-corrected chi connectivity index (χ3v) is 2.44. The van der Waals surface area contributed by atoms with Crippen LogP contribution >= 0.6 is 0 Å². The third-order valence-electron chi connectivity index (χ3n) is 2.44. The van der Waals surface area contributed by atoms with Crippen LogP contribution in [0.3, 0.4) is 0 Å². The average Bonchev–Trinajstić information content (AvgIpc) is 2.55. The van der Waals surface area contributed by atoms with Gasteiger partial charge >= 0.3 is 6.18 Å². The number of hydrogen-bond donors (Lipinski definition) is 1. The average molecular weight is 228 g/mol. The number of nitrogens with zero attached hydrogens (tertiary/aromatic N) is 1. The molecule has 1 aromatic heterocycles. The molecule has 2 rings (SSSR count). The number of aromatic nitrogens is 1. The zero-order chi connectivity index (χ0) is 11.8. The summed E-state index contributed by atoms with van der Waals surface area (Å²) in [6.07, 6.45) is -2.74. The number of alkyl halides is 3. The monoisotopic (exact) mass is 228 g/mol. The third kappa shape index (κ3) is 2.04. The van der Waals surface area contributed by atoms with Crippen LogP contribution in [0, 0.1) is 0 Å². The van der Waals surface area contributed by atoms with Gasteiger partial charge in [-0.3, -0.25) is 0 Å². The van der Waals surface area contributed by atoms with Gasteiger partial charge in [-0.15, -0.1) is 0 Å². The molecule has 1 heterocycles. The Morgan fingerprint density at radius 2 is 1.88 bits per heavy atom. The van der Waals surface area contributed by atoms with Crippen LogP contribution in [-0.4, -0.2) is 10.7 Å². The van der Waals surface area contributed by atoms with Gasteiger partial charge < -0.3 is 10.3 Å². The molecule has 0 aliphatic rings. The van der Waals surface area contributed by atoms with Crippen molar-refractivity contribution in [3.63, 3.8) is 0 Å². The zero-order valence-corrected chi connectivity index (χ0v) is 8.46. The predicted octanol–water partition coefficient (Wildman–Crippen LogP) is 2.66. The molecule has 2 N–H and O–H groups in total. The molecule has 0 atom stereocenters. The van der Waals surface area contributed by atoms with Gasteiger partial charge in [0.05, 0.1) is 0 Å². The van der Waals surface area contributed by atoms with E-state index in [2.05, 4.69) is 0 Å². The molecule has 0 fully saturated rings. The number of hydrogen-bond acceptors (Lipinski definition) is 1. The first kappa shape index (κ1) is 11.0. The van der Waals surface area contributed by atoms with E-state index in [0.717, 1.165) is 10.9 Å². The molecule has 16 heavy (non-hydrogen) atoms. The molecular formula is C11H11F3N2. The van der Waals surface area contributed by atoms with Crippen LogP contribution in [0.1, 0.15) is 5.56 Å². The highest BCUT2D eigenvalue weighted by Gasteiger charge is 2.28. The first-order valence-corrected chi connectivity index (χ1v) is 4.85. The van der Waals surface area contributed by atoms with E-state index >= 15 is 0 Å². The SMILES string of the molecule is NCc1cn(CC(F)(F)F)c2ccccc12. The van der Waals surface area contributed by atoms with Crippen molar-refractivity contribution in [2.75, 3.05) is 0 Å². The highest BCUT2D eigenvalue weighted by molar-refractivity contribution is 5.83. The maximum atomic E-state index is 12.3. The number of halogens is 3. The molecule has 0 spiro atoms. The first-order valence-electron chi connectivity index (χ1n) is 4.85. The lowest BCUT2D eigenvalue weighted by atomic mass is 10.2. The fourth-order valence-corrected chi connectivity index (χ4v) is 1.81. The van der Waals surface area contributed by atoms with Gasteiger partial charge in [0.2, 0.25) is 0 Å². The molecule has 0 aliphatic heterocycles. The Balaban J connectivity index is 2.53. The molecule has 0 unspecified atom stereocenters. The Morgan fingerprint density at radius 3 is 2.50 bits per heavy atom. The Hall–Kier alpha value is -1.49.